The molecule has 0 saturated carbocycles. The van der Waals surface area contributed by atoms with Gasteiger partial charge >= 0.3 is 5.97 Å². The molecule has 6 heteroatoms. The maximum atomic E-state index is 12.1. The summed E-state index contributed by atoms with van der Waals surface area (Å²) in [5, 5.41) is 14.4. The lowest BCUT2D eigenvalue weighted by Crippen LogP contribution is -2.40. The van der Waals surface area contributed by atoms with Crippen molar-refractivity contribution in [3.8, 4) is 0 Å². The third kappa shape index (κ3) is 6.10. The van der Waals surface area contributed by atoms with E-state index in [2.05, 4.69) is 10.6 Å². The van der Waals surface area contributed by atoms with Crippen LogP contribution >= 0.6 is 0 Å². The van der Waals surface area contributed by atoms with E-state index in [4.69, 9.17) is 5.11 Å². The number of hydrogen-bond donors (Lipinski definition) is 3. The Morgan fingerprint density at radius 1 is 1.13 bits per heavy atom. The van der Waals surface area contributed by atoms with Gasteiger partial charge in [0.1, 0.15) is 6.04 Å². The number of carbonyl (C=O) groups excluding carboxylic acids is 2. The van der Waals surface area contributed by atoms with Gasteiger partial charge in [-0.05, 0) is 24.1 Å². The Hall–Kier alpha value is -2.37. The van der Waals surface area contributed by atoms with E-state index in [0.29, 0.717) is 24.9 Å². The number of carbonyl (C=O) groups is 3. The fourth-order valence-corrected chi connectivity index (χ4v) is 1.95. The number of aliphatic carboxylic acids is 1. The normalized spacial score (nSPS) is 11.8. The number of amides is 2. The molecule has 0 aliphatic heterocycles. The van der Waals surface area contributed by atoms with E-state index in [1.807, 2.05) is 20.8 Å². The van der Waals surface area contributed by atoms with Gasteiger partial charge in [-0.15, -0.1) is 0 Å². The molecule has 126 valence electrons. The zero-order valence-corrected chi connectivity index (χ0v) is 13.8. The molecule has 0 aliphatic rings. The van der Waals surface area contributed by atoms with Crippen LogP contribution in [-0.2, 0) is 16.1 Å². The maximum Gasteiger partial charge on any atom is 0.326 e. The first kappa shape index (κ1) is 18.7. The van der Waals surface area contributed by atoms with Gasteiger partial charge in [-0.25, -0.2) is 4.79 Å². The molecule has 0 fully saturated rings. The minimum atomic E-state index is -1.03. The smallest absolute Gasteiger partial charge is 0.326 e. The van der Waals surface area contributed by atoms with Crippen LogP contribution in [0.3, 0.4) is 0 Å². The first-order chi connectivity index (χ1) is 10.8. The molecule has 0 bridgehead atoms. The molecule has 0 radical (unpaired) electrons. The number of nitrogens with one attached hydrogen (secondary N) is 2. The van der Waals surface area contributed by atoms with Crippen molar-refractivity contribution in [1.29, 1.82) is 0 Å². The van der Waals surface area contributed by atoms with Crippen LogP contribution in [0.1, 0.15) is 49.5 Å². The van der Waals surface area contributed by atoms with E-state index in [1.54, 1.807) is 24.3 Å². The average molecular weight is 320 g/mol. The quantitative estimate of drug-likeness (QED) is 0.682. The van der Waals surface area contributed by atoms with E-state index in [0.717, 1.165) is 5.56 Å². The number of carboxylic acid groups (broad SMARTS) is 1. The van der Waals surface area contributed by atoms with Crippen LogP contribution < -0.4 is 10.6 Å². The van der Waals surface area contributed by atoms with Gasteiger partial charge in [-0.3, -0.25) is 9.59 Å². The third-order valence-electron chi connectivity index (χ3n) is 3.39. The van der Waals surface area contributed by atoms with Crippen molar-refractivity contribution in [1.82, 2.24) is 10.6 Å². The van der Waals surface area contributed by atoms with E-state index in [-0.39, 0.29) is 11.8 Å². The van der Waals surface area contributed by atoms with Gasteiger partial charge in [-0.2, -0.15) is 0 Å². The van der Waals surface area contributed by atoms with Crippen LogP contribution in [0, 0.1) is 5.92 Å². The van der Waals surface area contributed by atoms with Crippen LogP contribution in [-0.4, -0.2) is 28.9 Å². The van der Waals surface area contributed by atoms with Crippen molar-refractivity contribution >= 4 is 17.8 Å². The van der Waals surface area contributed by atoms with Crippen molar-refractivity contribution in [2.24, 2.45) is 5.92 Å². The molecule has 23 heavy (non-hydrogen) atoms. The van der Waals surface area contributed by atoms with Gasteiger partial charge in [0.25, 0.3) is 5.91 Å². The lowest BCUT2D eigenvalue weighted by Gasteiger charge is -2.13. The van der Waals surface area contributed by atoms with Gasteiger partial charge in [0.05, 0.1) is 0 Å². The second-order valence-corrected chi connectivity index (χ2v) is 5.72. The minimum Gasteiger partial charge on any atom is -0.480 e. The fourth-order valence-electron chi connectivity index (χ4n) is 1.95. The summed E-state index contributed by atoms with van der Waals surface area (Å²) in [6.45, 7) is 5.89. The second kappa shape index (κ2) is 8.92. The van der Waals surface area contributed by atoms with Crippen LogP contribution in [0.25, 0.3) is 0 Å². The zero-order valence-electron chi connectivity index (χ0n) is 13.8. The molecule has 2 amide bonds. The average Bonchev–Trinajstić information content (AvgIpc) is 2.52. The SMILES string of the molecule is CCCC(NC(=O)c1ccc(CNC(=O)C(C)C)cc1)C(=O)O. The Morgan fingerprint density at radius 2 is 1.74 bits per heavy atom. The zero-order chi connectivity index (χ0) is 17.4. The summed E-state index contributed by atoms with van der Waals surface area (Å²) in [6, 6.07) is 5.85. The molecule has 0 spiro atoms. The molecular weight excluding hydrogens is 296 g/mol. The molecule has 0 aromatic heterocycles. The van der Waals surface area contributed by atoms with Gasteiger partial charge in [0.15, 0.2) is 0 Å². The predicted octanol–water partition coefficient (Wildman–Crippen LogP) is 1.94. The Balaban J connectivity index is 2.63. The van der Waals surface area contributed by atoms with E-state index in [1.165, 1.54) is 0 Å². The standard InChI is InChI=1S/C17H24N2O4/c1-4-5-14(17(22)23)19-16(21)13-8-6-12(7-9-13)10-18-15(20)11(2)3/h6-9,11,14H,4-5,10H2,1-3H3,(H,18,20)(H,19,21)(H,22,23). The van der Waals surface area contributed by atoms with Crippen LogP contribution in [0.15, 0.2) is 24.3 Å². The van der Waals surface area contributed by atoms with Crippen molar-refractivity contribution in [3.63, 3.8) is 0 Å². The summed E-state index contributed by atoms with van der Waals surface area (Å²) >= 11 is 0. The molecular formula is C17H24N2O4. The summed E-state index contributed by atoms with van der Waals surface area (Å²) < 4.78 is 0. The number of benzene rings is 1. The Bertz CT molecular complexity index is 552. The minimum absolute atomic E-state index is 0.0318. The summed E-state index contributed by atoms with van der Waals surface area (Å²) in [6.07, 6.45) is 1.06. The molecule has 1 aromatic carbocycles. The van der Waals surface area contributed by atoms with Gasteiger partial charge in [-0.1, -0.05) is 39.3 Å². The number of carboxylic acids is 1. The summed E-state index contributed by atoms with van der Waals surface area (Å²) in [5.74, 6) is -1.56. The molecule has 6 nitrogen and oxygen atoms in total. The number of hydrogen-bond acceptors (Lipinski definition) is 3. The highest BCUT2D eigenvalue weighted by Gasteiger charge is 2.19. The molecule has 1 atom stereocenters. The van der Waals surface area contributed by atoms with Crippen LogP contribution in [0.4, 0.5) is 0 Å². The highest BCUT2D eigenvalue weighted by molar-refractivity contribution is 5.96. The van der Waals surface area contributed by atoms with Gasteiger partial charge in [0.2, 0.25) is 5.91 Å². The van der Waals surface area contributed by atoms with Gasteiger partial charge in [0, 0.05) is 18.0 Å². The summed E-state index contributed by atoms with van der Waals surface area (Å²) in [4.78, 5) is 34.6. The lowest BCUT2D eigenvalue weighted by atomic mass is 10.1. The van der Waals surface area contributed by atoms with E-state index in [9.17, 15) is 14.4 Å². The largest absolute Gasteiger partial charge is 0.480 e. The van der Waals surface area contributed by atoms with E-state index >= 15 is 0 Å². The Morgan fingerprint density at radius 3 is 2.22 bits per heavy atom. The van der Waals surface area contributed by atoms with Gasteiger partial charge < -0.3 is 15.7 Å². The lowest BCUT2D eigenvalue weighted by molar-refractivity contribution is -0.139. The topological polar surface area (TPSA) is 95.5 Å². The van der Waals surface area contributed by atoms with Crippen LogP contribution in [0.5, 0.6) is 0 Å². The first-order valence-electron chi connectivity index (χ1n) is 7.75. The summed E-state index contributed by atoms with van der Waals surface area (Å²) in [5.41, 5.74) is 1.27. The Kier molecular flexibility index (Phi) is 7.25. The number of rotatable bonds is 8. The fraction of sp³-hybridized carbons (Fsp3) is 0.471. The van der Waals surface area contributed by atoms with Crippen LogP contribution in [0.2, 0.25) is 0 Å². The molecule has 1 rings (SSSR count). The highest BCUT2D eigenvalue weighted by Crippen LogP contribution is 2.06. The monoisotopic (exact) mass is 320 g/mol. The predicted molar refractivity (Wildman–Crippen MR) is 86.9 cm³/mol. The molecule has 1 unspecified atom stereocenters. The Labute approximate surface area is 136 Å². The molecule has 0 heterocycles. The van der Waals surface area contributed by atoms with Crippen molar-refractivity contribution in [3.05, 3.63) is 35.4 Å². The maximum absolute atomic E-state index is 12.1. The van der Waals surface area contributed by atoms with Crippen molar-refractivity contribution in [2.45, 2.75) is 46.2 Å². The van der Waals surface area contributed by atoms with E-state index < -0.39 is 17.9 Å². The molecule has 1 aromatic rings. The first-order valence-corrected chi connectivity index (χ1v) is 7.75. The van der Waals surface area contributed by atoms with Crippen molar-refractivity contribution < 1.29 is 19.5 Å². The molecule has 0 aliphatic carbocycles. The molecule has 3 N–H and O–H groups in total. The highest BCUT2D eigenvalue weighted by atomic mass is 16.4. The third-order valence-corrected chi connectivity index (χ3v) is 3.39. The van der Waals surface area contributed by atoms with Crippen molar-refractivity contribution in [2.75, 3.05) is 0 Å². The summed E-state index contributed by atoms with van der Waals surface area (Å²) in [7, 11) is 0. The second-order valence-electron chi connectivity index (χ2n) is 5.72. The molecule has 0 saturated heterocycles.